The number of aromatic carboxylic acids is 1. The Kier molecular flexibility index (Phi) is 3.26. The highest BCUT2D eigenvalue weighted by Gasteiger charge is 2.21. The normalized spacial score (nSPS) is 11.2. The molecule has 0 aliphatic carbocycles. The number of carboxylic acid groups (broad SMARTS) is 1. The maximum Gasteiger partial charge on any atom is 0.372 e. The number of hydrogen-bond acceptors (Lipinski definition) is 2. The Balaban J connectivity index is 2.35. The van der Waals surface area contributed by atoms with Crippen LogP contribution < -0.4 is 0 Å². The summed E-state index contributed by atoms with van der Waals surface area (Å²) in [6, 6.07) is 15.4. The van der Waals surface area contributed by atoms with E-state index in [0.29, 0.717) is 17.1 Å². The first-order chi connectivity index (χ1) is 10.1. The third-order valence-electron chi connectivity index (χ3n) is 3.64. The van der Waals surface area contributed by atoms with Crippen molar-refractivity contribution in [3.05, 3.63) is 59.9 Å². The van der Waals surface area contributed by atoms with Crippen molar-refractivity contribution in [2.75, 3.05) is 0 Å². The maximum absolute atomic E-state index is 11.5. The highest BCUT2D eigenvalue weighted by Crippen LogP contribution is 2.36. The largest absolute Gasteiger partial charge is 0.475 e. The Morgan fingerprint density at radius 3 is 2.43 bits per heavy atom. The molecule has 0 fully saturated rings. The summed E-state index contributed by atoms with van der Waals surface area (Å²) in [5.41, 5.74) is 3.28. The highest BCUT2D eigenvalue weighted by atomic mass is 16.4. The van der Waals surface area contributed by atoms with Crippen LogP contribution in [0.4, 0.5) is 0 Å². The zero-order chi connectivity index (χ0) is 15.0. The van der Waals surface area contributed by atoms with Crippen molar-refractivity contribution in [3.63, 3.8) is 0 Å². The Hall–Kier alpha value is -2.55. The molecule has 21 heavy (non-hydrogen) atoms. The molecule has 0 amide bonds. The lowest BCUT2D eigenvalue weighted by Crippen LogP contribution is -1.96. The van der Waals surface area contributed by atoms with E-state index >= 15 is 0 Å². The van der Waals surface area contributed by atoms with Gasteiger partial charge in [-0.2, -0.15) is 0 Å². The van der Waals surface area contributed by atoms with Gasteiger partial charge in [0.15, 0.2) is 0 Å². The summed E-state index contributed by atoms with van der Waals surface area (Å²) in [6.07, 6.45) is 0. The molecule has 0 unspecified atom stereocenters. The lowest BCUT2D eigenvalue weighted by molar-refractivity contribution is 0.0666. The van der Waals surface area contributed by atoms with Crippen molar-refractivity contribution in [1.82, 2.24) is 0 Å². The number of furan rings is 1. The summed E-state index contributed by atoms with van der Waals surface area (Å²) in [5.74, 6) is -0.672. The van der Waals surface area contributed by atoms with Crippen LogP contribution in [0.15, 0.2) is 52.9 Å². The monoisotopic (exact) mass is 280 g/mol. The second-order valence-electron chi connectivity index (χ2n) is 5.39. The molecule has 2 aromatic carbocycles. The van der Waals surface area contributed by atoms with E-state index in [0.717, 1.165) is 16.5 Å². The number of carbonyl (C=O) groups is 1. The zero-order valence-electron chi connectivity index (χ0n) is 12.0. The second-order valence-corrected chi connectivity index (χ2v) is 5.39. The fourth-order valence-corrected chi connectivity index (χ4v) is 2.52. The number of carboxylic acids is 1. The van der Waals surface area contributed by atoms with Gasteiger partial charge < -0.3 is 9.52 Å². The van der Waals surface area contributed by atoms with Gasteiger partial charge in [0.05, 0.1) is 0 Å². The number of benzene rings is 2. The zero-order valence-corrected chi connectivity index (χ0v) is 12.0. The van der Waals surface area contributed by atoms with E-state index in [4.69, 9.17) is 4.42 Å². The van der Waals surface area contributed by atoms with Crippen LogP contribution in [-0.4, -0.2) is 11.1 Å². The predicted octanol–water partition coefficient (Wildman–Crippen LogP) is 4.92. The number of hydrogen-bond donors (Lipinski definition) is 1. The van der Waals surface area contributed by atoms with E-state index in [1.165, 1.54) is 0 Å². The van der Waals surface area contributed by atoms with Gasteiger partial charge >= 0.3 is 5.97 Å². The standard InChI is InChI=1S/C18H16O3/c1-11(2)13-8-9-15-14(10-13)16(17(21-15)18(19)20)12-6-4-3-5-7-12/h3-11H,1-2H3,(H,19,20). The molecule has 0 bridgehead atoms. The molecule has 0 aliphatic heterocycles. The van der Waals surface area contributed by atoms with Crippen molar-refractivity contribution in [3.8, 4) is 11.1 Å². The van der Waals surface area contributed by atoms with Gasteiger partial charge in [-0.05, 0) is 29.2 Å². The van der Waals surface area contributed by atoms with Gasteiger partial charge in [-0.3, -0.25) is 0 Å². The Labute approximate surface area is 122 Å². The van der Waals surface area contributed by atoms with Crippen LogP contribution in [-0.2, 0) is 0 Å². The molecule has 3 aromatic rings. The Morgan fingerprint density at radius 2 is 1.81 bits per heavy atom. The summed E-state index contributed by atoms with van der Waals surface area (Å²) < 4.78 is 5.55. The fraction of sp³-hybridized carbons (Fsp3) is 0.167. The maximum atomic E-state index is 11.5. The first kappa shape index (κ1) is 13.4. The first-order valence-corrected chi connectivity index (χ1v) is 6.93. The third-order valence-corrected chi connectivity index (χ3v) is 3.64. The van der Waals surface area contributed by atoms with E-state index in [9.17, 15) is 9.90 Å². The quantitative estimate of drug-likeness (QED) is 0.740. The van der Waals surface area contributed by atoms with Crippen LogP contribution in [0.1, 0.15) is 35.9 Å². The molecule has 1 aromatic heterocycles. The van der Waals surface area contributed by atoms with Crippen LogP contribution in [0.2, 0.25) is 0 Å². The van der Waals surface area contributed by atoms with Gasteiger partial charge in [-0.15, -0.1) is 0 Å². The molecule has 3 heteroatoms. The second kappa shape index (κ2) is 5.09. The van der Waals surface area contributed by atoms with Crippen LogP contribution in [0.25, 0.3) is 22.1 Å². The lowest BCUT2D eigenvalue weighted by atomic mass is 9.97. The van der Waals surface area contributed by atoms with Crippen molar-refractivity contribution < 1.29 is 14.3 Å². The van der Waals surface area contributed by atoms with Crippen LogP contribution in [0, 0.1) is 0 Å². The molecule has 3 nitrogen and oxygen atoms in total. The van der Waals surface area contributed by atoms with Crippen molar-refractivity contribution >= 4 is 16.9 Å². The molecule has 3 rings (SSSR count). The van der Waals surface area contributed by atoms with Gasteiger partial charge in [-0.1, -0.05) is 50.2 Å². The van der Waals surface area contributed by atoms with E-state index in [2.05, 4.69) is 13.8 Å². The summed E-state index contributed by atoms with van der Waals surface area (Å²) in [5, 5.41) is 10.3. The predicted molar refractivity (Wildman–Crippen MR) is 82.7 cm³/mol. The minimum absolute atomic E-state index is 0.00268. The van der Waals surface area contributed by atoms with Gasteiger partial charge in [0.25, 0.3) is 0 Å². The summed E-state index contributed by atoms with van der Waals surface area (Å²) >= 11 is 0. The van der Waals surface area contributed by atoms with Gasteiger partial charge in [-0.25, -0.2) is 4.79 Å². The molecule has 0 radical (unpaired) electrons. The fourth-order valence-electron chi connectivity index (χ4n) is 2.52. The summed E-state index contributed by atoms with van der Waals surface area (Å²) in [7, 11) is 0. The minimum Gasteiger partial charge on any atom is -0.475 e. The smallest absolute Gasteiger partial charge is 0.372 e. The van der Waals surface area contributed by atoms with Gasteiger partial charge in [0, 0.05) is 10.9 Å². The van der Waals surface area contributed by atoms with Crippen molar-refractivity contribution in [2.24, 2.45) is 0 Å². The van der Waals surface area contributed by atoms with Crippen molar-refractivity contribution in [1.29, 1.82) is 0 Å². The van der Waals surface area contributed by atoms with Crippen LogP contribution in [0.5, 0.6) is 0 Å². The summed E-state index contributed by atoms with van der Waals surface area (Å²) in [6.45, 7) is 4.23. The average Bonchev–Trinajstić information content (AvgIpc) is 2.86. The molecule has 0 spiro atoms. The first-order valence-electron chi connectivity index (χ1n) is 6.93. The van der Waals surface area contributed by atoms with E-state index in [-0.39, 0.29) is 5.76 Å². The molecule has 1 N–H and O–H groups in total. The third kappa shape index (κ3) is 2.31. The number of fused-ring (bicyclic) bond motifs is 1. The minimum atomic E-state index is -1.05. The van der Waals surface area contributed by atoms with E-state index < -0.39 is 5.97 Å². The molecule has 1 heterocycles. The average molecular weight is 280 g/mol. The summed E-state index contributed by atoms with van der Waals surface area (Å²) in [4.78, 5) is 11.5. The molecule has 106 valence electrons. The molecule has 0 atom stereocenters. The van der Waals surface area contributed by atoms with Crippen LogP contribution in [0.3, 0.4) is 0 Å². The number of rotatable bonds is 3. The Morgan fingerprint density at radius 1 is 1.10 bits per heavy atom. The van der Waals surface area contributed by atoms with Crippen molar-refractivity contribution in [2.45, 2.75) is 19.8 Å². The molecule has 0 saturated carbocycles. The lowest BCUT2D eigenvalue weighted by Gasteiger charge is -2.05. The molecule has 0 aliphatic rings. The topological polar surface area (TPSA) is 50.4 Å². The SMILES string of the molecule is CC(C)c1ccc2oc(C(=O)O)c(-c3ccccc3)c2c1. The van der Waals surface area contributed by atoms with Gasteiger partial charge in [0.1, 0.15) is 5.58 Å². The molecular formula is C18H16O3. The van der Waals surface area contributed by atoms with Crippen LogP contribution >= 0.6 is 0 Å². The highest BCUT2D eigenvalue weighted by molar-refractivity contribution is 6.05. The van der Waals surface area contributed by atoms with Gasteiger partial charge in [0.2, 0.25) is 5.76 Å². The Bertz CT molecular complexity index is 798. The molecule has 0 saturated heterocycles. The van der Waals surface area contributed by atoms with E-state index in [1.807, 2.05) is 48.5 Å². The molecular weight excluding hydrogens is 264 g/mol. The van der Waals surface area contributed by atoms with E-state index in [1.54, 1.807) is 0 Å².